The second-order valence-corrected chi connectivity index (χ2v) is 7.71. The minimum atomic E-state index is -0.300. The van der Waals surface area contributed by atoms with Crippen molar-refractivity contribution in [2.45, 2.75) is 27.2 Å². The molecule has 0 fully saturated rings. The van der Waals surface area contributed by atoms with Crippen molar-refractivity contribution in [3.8, 4) is 11.3 Å². The Bertz CT molecular complexity index is 1190. The van der Waals surface area contributed by atoms with Crippen LogP contribution < -0.4 is 0 Å². The molecule has 0 N–H and O–H groups in total. The smallest absolute Gasteiger partial charge is 0.338 e. The lowest BCUT2D eigenvalue weighted by atomic mass is 9.95. The monoisotopic (exact) mass is 383 g/mol. The fraction of sp³-hybridized carbons (Fsp3) is 0.231. The van der Waals surface area contributed by atoms with E-state index >= 15 is 0 Å². The van der Waals surface area contributed by atoms with Gasteiger partial charge in [0.2, 0.25) is 0 Å². The third kappa shape index (κ3) is 3.73. The highest BCUT2D eigenvalue weighted by Crippen LogP contribution is 2.32. The van der Waals surface area contributed by atoms with E-state index in [1.54, 1.807) is 0 Å². The van der Waals surface area contributed by atoms with Gasteiger partial charge in [-0.05, 0) is 48.4 Å². The number of benzene rings is 3. The molecule has 4 aromatic rings. The molecule has 0 saturated heterocycles. The molecule has 0 aliphatic heterocycles. The summed E-state index contributed by atoms with van der Waals surface area (Å²) in [7, 11) is 0. The number of carbonyl (C=O) groups excluding carboxylic acids is 1. The number of fused-ring (bicyclic) bond motifs is 2. The number of pyridine rings is 1. The van der Waals surface area contributed by atoms with E-state index in [2.05, 4.69) is 44.2 Å². The molecule has 0 saturated carbocycles. The minimum absolute atomic E-state index is 0.300. The van der Waals surface area contributed by atoms with Crippen LogP contribution in [0.1, 0.15) is 36.7 Å². The lowest BCUT2D eigenvalue weighted by Gasteiger charge is -2.13. The Balaban J connectivity index is 1.91. The Morgan fingerprint density at radius 2 is 1.72 bits per heavy atom. The molecular formula is C26H25NO2. The van der Waals surface area contributed by atoms with Gasteiger partial charge in [-0.1, -0.05) is 62.4 Å². The van der Waals surface area contributed by atoms with Crippen LogP contribution in [0.25, 0.3) is 32.9 Å². The average molecular weight is 383 g/mol. The minimum Gasteiger partial charge on any atom is -0.462 e. The first-order valence-corrected chi connectivity index (χ1v) is 10.2. The molecule has 0 aliphatic carbocycles. The Hall–Kier alpha value is -3.20. The molecule has 3 aromatic carbocycles. The second-order valence-electron chi connectivity index (χ2n) is 7.71. The highest BCUT2D eigenvalue weighted by Gasteiger charge is 2.16. The van der Waals surface area contributed by atoms with Crippen LogP contribution in [0.2, 0.25) is 0 Å². The zero-order valence-electron chi connectivity index (χ0n) is 17.1. The van der Waals surface area contributed by atoms with E-state index in [0.29, 0.717) is 18.1 Å². The van der Waals surface area contributed by atoms with Gasteiger partial charge in [-0.15, -0.1) is 0 Å². The highest BCUT2D eigenvalue weighted by atomic mass is 16.5. The summed E-state index contributed by atoms with van der Waals surface area (Å²) in [6.07, 6.45) is 1.03. The van der Waals surface area contributed by atoms with Crippen molar-refractivity contribution in [2.24, 2.45) is 5.92 Å². The molecule has 0 aliphatic rings. The van der Waals surface area contributed by atoms with E-state index in [4.69, 9.17) is 9.72 Å². The van der Waals surface area contributed by atoms with Gasteiger partial charge in [0, 0.05) is 16.3 Å². The van der Waals surface area contributed by atoms with Crippen molar-refractivity contribution in [3.05, 3.63) is 77.9 Å². The number of esters is 1. The summed E-state index contributed by atoms with van der Waals surface area (Å²) in [6, 6.07) is 22.3. The first kappa shape index (κ1) is 19.1. The SMILES string of the molecule is CCOC(=O)c1cccc2cccc(-c3ccc4c(CC(C)C)cccc4n3)c12. The van der Waals surface area contributed by atoms with Crippen molar-refractivity contribution in [1.82, 2.24) is 4.98 Å². The lowest BCUT2D eigenvalue weighted by Crippen LogP contribution is -2.06. The van der Waals surface area contributed by atoms with Crippen LogP contribution in [0, 0.1) is 5.92 Å². The number of nitrogens with zero attached hydrogens (tertiary/aromatic N) is 1. The molecular weight excluding hydrogens is 358 g/mol. The van der Waals surface area contributed by atoms with E-state index in [-0.39, 0.29) is 5.97 Å². The summed E-state index contributed by atoms with van der Waals surface area (Å²) in [5.41, 5.74) is 4.69. The van der Waals surface area contributed by atoms with Crippen LogP contribution in [0.3, 0.4) is 0 Å². The predicted molar refractivity (Wildman–Crippen MR) is 119 cm³/mol. The maximum atomic E-state index is 12.6. The van der Waals surface area contributed by atoms with Gasteiger partial charge in [0.05, 0.1) is 23.4 Å². The van der Waals surface area contributed by atoms with Gasteiger partial charge in [0.1, 0.15) is 0 Å². The van der Waals surface area contributed by atoms with Crippen LogP contribution in [0.5, 0.6) is 0 Å². The number of hydrogen-bond donors (Lipinski definition) is 0. The van der Waals surface area contributed by atoms with Gasteiger partial charge in [-0.3, -0.25) is 0 Å². The molecule has 146 valence electrons. The van der Waals surface area contributed by atoms with E-state index < -0.39 is 0 Å². The van der Waals surface area contributed by atoms with Crippen molar-refractivity contribution < 1.29 is 9.53 Å². The highest BCUT2D eigenvalue weighted by molar-refractivity contribution is 6.10. The molecule has 0 atom stereocenters. The molecule has 0 bridgehead atoms. The van der Waals surface area contributed by atoms with E-state index in [1.165, 1.54) is 10.9 Å². The second kappa shape index (κ2) is 8.04. The van der Waals surface area contributed by atoms with Crippen molar-refractivity contribution in [1.29, 1.82) is 0 Å². The Morgan fingerprint density at radius 1 is 0.966 bits per heavy atom. The van der Waals surface area contributed by atoms with E-state index in [1.807, 2.05) is 43.3 Å². The van der Waals surface area contributed by atoms with Crippen LogP contribution >= 0.6 is 0 Å². The molecule has 0 radical (unpaired) electrons. The number of carbonyl (C=O) groups is 1. The number of ether oxygens (including phenoxy) is 1. The largest absolute Gasteiger partial charge is 0.462 e. The van der Waals surface area contributed by atoms with Gasteiger partial charge < -0.3 is 4.74 Å². The van der Waals surface area contributed by atoms with Crippen molar-refractivity contribution >= 4 is 27.6 Å². The van der Waals surface area contributed by atoms with E-state index in [9.17, 15) is 4.79 Å². The first-order chi connectivity index (χ1) is 14.1. The summed E-state index contributed by atoms with van der Waals surface area (Å²) in [4.78, 5) is 17.5. The standard InChI is InChI=1S/C26H25NO2/c1-4-29-26(28)22-12-6-9-18-8-5-11-21(25(18)22)24-15-14-20-19(16-17(2)3)10-7-13-23(20)27-24/h5-15,17H,4,16H2,1-3H3. The Labute approximate surface area is 171 Å². The average Bonchev–Trinajstić information content (AvgIpc) is 2.72. The van der Waals surface area contributed by atoms with Gasteiger partial charge in [-0.25, -0.2) is 9.78 Å². The quantitative estimate of drug-likeness (QED) is 0.373. The number of aromatic nitrogens is 1. The third-order valence-electron chi connectivity index (χ3n) is 5.13. The number of rotatable bonds is 5. The molecule has 3 nitrogen and oxygen atoms in total. The van der Waals surface area contributed by atoms with Gasteiger partial charge in [0.15, 0.2) is 0 Å². The molecule has 29 heavy (non-hydrogen) atoms. The topological polar surface area (TPSA) is 39.2 Å². The Morgan fingerprint density at radius 3 is 2.48 bits per heavy atom. The normalized spacial score (nSPS) is 11.3. The lowest BCUT2D eigenvalue weighted by molar-refractivity contribution is 0.0528. The third-order valence-corrected chi connectivity index (χ3v) is 5.13. The van der Waals surface area contributed by atoms with Crippen LogP contribution in [-0.4, -0.2) is 17.6 Å². The maximum absolute atomic E-state index is 12.6. The maximum Gasteiger partial charge on any atom is 0.338 e. The van der Waals surface area contributed by atoms with Crippen LogP contribution in [0.4, 0.5) is 0 Å². The molecule has 1 aromatic heterocycles. The van der Waals surface area contributed by atoms with E-state index in [0.717, 1.165) is 34.0 Å². The molecule has 0 unspecified atom stereocenters. The van der Waals surface area contributed by atoms with Gasteiger partial charge in [0.25, 0.3) is 0 Å². The van der Waals surface area contributed by atoms with Gasteiger partial charge in [-0.2, -0.15) is 0 Å². The molecule has 0 spiro atoms. The molecule has 1 heterocycles. The number of hydrogen-bond acceptors (Lipinski definition) is 3. The fourth-order valence-corrected chi connectivity index (χ4v) is 3.92. The van der Waals surface area contributed by atoms with Crippen molar-refractivity contribution in [2.75, 3.05) is 6.61 Å². The van der Waals surface area contributed by atoms with Crippen LogP contribution in [0.15, 0.2) is 66.7 Å². The molecule has 3 heteroatoms. The summed E-state index contributed by atoms with van der Waals surface area (Å²) < 4.78 is 5.29. The predicted octanol–water partition coefficient (Wildman–Crippen LogP) is 6.43. The molecule has 0 amide bonds. The summed E-state index contributed by atoms with van der Waals surface area (Å²) in [5.74, 6) is 0.288. The van der Waals surface area contributed by atoms with Gasteiger partial charge >= 0.3 is 5.97 Å². The molecule has 4 rings (SSSR count). The first-order valence-electron chi connectivity index (χ1n) is 10.2. The summed E-state index contributed by atoms with van der Waals surface area (Å²) in [5, 5.41) is 3.08. The zero-order chi connectivity index (χ0) is 20.4. The van der Waals surface area contributed by atoms with Crippen molar-refractivity contribution in [3.63, 3.8) is 0 Å². The summed E-state index contributed by atoms with van der Waals surface area (Å²) in [6.45, 7) is 6.63. The Kier molecular flexibility index (Phi) is 5.30. The summed E-state index contributed by atoms with van der Waals surface area (Å²) >= 11 is 0. The van der Waals surface area contributed by atoms with Crippen LogP contribution in [-0.2, 0) is 11.2 Å². The fourth-order valence-electron chi connectivity index (χ4n) is 3.92. The zero-order valence-corrected chi connectivity index (χ0v) is 17.1.